The Hall–Kier alpha value is -1.16. The lowest BCUT2D eigenvalue weighted by Gasteiger charge is -2.05. The van der Waals surface area contributed by atoms with Gasteiger partial charge in [-0.25, -0.2) is 0 Å². The molecule has 0 spiro atoms. The minimum atomic E-state index is -0.119. The third-order valence-electron chi connectivity index (χ3n) is 2.67. The van der Waals surface area contributed by atoms with E-state index in [1.54, 1.807) is 17.8 Å². The molecule has 0 atom stereocenters. The van der Waals surface area contributed by atoms with Gasteiger partial charge < -0.3 is 5.11 Å². The van der Waals surface area contributed by atoms with E-state index in [1.165, 1.54) is 12.1 Å². The van der Waals surface area contributed by atoms with Crippen LogP contribution in [-0.4, -0.2) is 16.6 Å². The second kappa shape index (κ2) is 7.02. The maximum absolute atomic E-state index is 12.0. The van der Waals surface area contributed by atoms with Crippen LogP contribution in [0.1, 0.15) is 16.8 Å². The normalized spacial score (nSPS) is 10.5. The van der Waals surface area contributed by atoms with E-state index < -0.39 is 0 Å². The summed E-state index contributed by atoms with van der Waals surface area (Å²) in [6, 6.07) is 11.9. The van der Waals surface area contributed by atoms with Crippen LogP contribution in [-0.2, 0) is 0 Å². The van der Waals surface area contributed by atoms with Crippen LogP contribution in [0, 0.1) is 0 Å². The molecule has 0 radical (unpaired) electrons. The molecule has 2 nitrogen and oxygen atoms in total. The van der Waals surface area contributed by atoms with Crippen LogP contribution in [0.25, 0.3) is 0 Å². The molecule has 0 fully saturated rings. The van der Waals surface area contributed by atoms with Crippen molar-refractivity contribution in [2.75, 3.05) is 5.75 Å². The van der Waals surface area contributed by atoms with E-state index in [0.717, 1.165) is 4.90 Å². The number of phenols is 1. The van der Waals surface area contributed by atoms with E-state index in [2.05, 4.69) is 0 Å². The maximum Gasteiger partial charge on any atom is 0.167 e. The van der Waals surface area contributed by atoms with Gasteiger partial charge >= 0.3 is 0 Å². The summed E-state index contributed by atoms with van der Waals surface area (Å²) in [7, 11) is 0. The number of hydrogen-bond donors (Lipinski definition) is 1. The highest BCUT2D eigenvalue weighted by Crippen LogP contribution is 2.25. The first-order valence-corrected chi connectivity index (χ1v) is 7.70. The summed E-state index contributed by atoms with van der Waals surface area (Å²) in [6.45, 7) is 0. The predicted molar refractivity (Wildman–Crippen MR) is 84.2 cm³/mol. The summed E-state index contributed by atoms with van der Waals surface area (Å²) < 4.78 is 0. The molecule has 0 unspecified atom stereocenters. The predicted octanol–water partition coefficient (Wildman–Crippen LogP) is 5.06. The Morgan fingerprint density at radius 2 is 1.70 bits per heavy atom. The minimum absolute atomic E-state index is 0.0316. The van der Waals surface area contributed by atoms with Crippen LogP contribution < -0.4 is 0 Å². The smallest absolute Gasteiger partial charge is 0.167 e. The molecule has 0 heterocycles. The number of halogens is 2. The Balaban J connectivity index is 1.92. The second-order valence-electron chi connectivity index (χ2n) is 4.14. The van der Waals surface area contributed by atoms with Gasteiger partial charge in [-0.1, -0.05) is 23.2 Å². The van der Waals surface area contributed by atoms with E-state index in [9.17, 15) is 9.90 Å². The quantitative estimate of drug-likeness (QED) is 0.616. The van der Waals surface area contributed by atoms with Crippen molar-refractivity contribution in [1.82, 2.24) is 0 Å². The van der Waals surface area contributed by atoms with Gasteiger partial charge in [-0.15, -0.1) is 11.8 Å². The van der Waals surface area contributed by atoms with Crippen molar-refractivity contribution in [3.63, 3.8) is 0 Å². The lowest BCUT2D eigenvalue weighted by molar-refractivity contribution is 0.0987. The highest BCUT2D eigenvalue weighted by molar-refractivity contribution is 7.99. The van der Waals surface area contributed by atoms with Crippen molar-refractivity contribution in [1.29, 1.82) is 0 Å². The van der Waals surface area contributed by atoms with Gasteiger partial charge in [0.25, 0.3) is 0 Å². The van der Waals surface area contributed by atoms with Gasteiger partial charge in [0, 0.05) is 27.1 Å². The molecule has 5 heteroatoms. The zero-order valence-corrected chi connectivity index (χ0v) is 12.8. The van der Waals surface area contributed by atoms with Gasteiger partial charge in [-0.2, -0.15) is 0 Å². The summed E-state index contributed by atoms with van der Waals surface area (Å²) >= 11 is 13.2. The van der Waals surface area contributed by atoms with Crippen molar-refractivity contribution < 1.29 is 9.90 Å². The monoisotopic (exact) mass is 326 g/mol. The number of aromatic hydroxyl groups is 1. The molecule has 2 aromatic rings. The van der Waals surface area contributed by atoms with Crippen LogP contribution in [0.15, 0.2) is 47.4 Å². The van der Waals surface area contributed by atoms with Crippen molar-refractivity contribution in [2.45, 2.75) is 11.3 Å². The van der Waals surface area contributed by atoms with Gasteiger partial charge in [0.15, 0.2) is 5.78 Å². The topological polar surface area (TPSA) is 37.3 Å². The van der Waals surface area contributed by atoms with Crippen LogP contribution in [0.4, 0.5) is 0 Å². The molecule has 0 aliphatic carbocycles. The molecule has 1 N–H and O–H groups in total. The molecule has 0 aromatic heterocycles. The first kappa shape index (κ1) is 15.2. The summed E-state index contributed by atoms with van der Waals surface area (Å²) in [5.74, 6) is 0.481. The van der Waals surface area contributed by atoms with Crippen LogP contribution in [0.3, 0.4) is 0 Å². The van der Waals surface area contributed by atoms with Crippen LogP contribution >= 0.6 is 35.0 Å². The largest absolute Gasteiger partial charge is 0.507 e. The molecule has 0 saturated heterocycles. The zero-order valence-electron chi connectivity index (χ0n) is 10.5. The fraction of sp³-hybridized carbons (Fsp3) is 0.133. The van der Waals surface area contributed by atoms with Gasteiger partial charge in [0.05, 0.1) is 5.56 Å². The van der Waals surface area contributed by atoms with E-state index in [0.29, 0.717) is 22.2 Å². The van der Waals surface area contributed by atoms with E-state index in [1.807, 2.05) is 24.3 Å². The lowest BCUT2D eigenvalue weighted by Crippen LogP contribution is -2.01. The summed E-state index contributed by atoms with van der Waals surface area (Å²) in [5.41, 5.74) is 0.272. The highest BCUT2D eigenvalue weighted by atomic mass is 35.5. The van der Waals surface area contributed by atoms with Crippen molar-refractivity contribution in [3.8, 4) is 5.75 Å². The van der Waals surface area contributed by atoms with E-state index in [4.69, 9.17) is 23.2 Å². The number of rotatable bonds is 5. The van der Waals surface area contributed by atoms with E-state index >= 15 is 0 Å². The third kappa shape index (κ3) is 4.17. The molecule has 20 heavy (non-hydrogen) atoms. The molecule has 2 rings (SSSR count). The highest BCUT2D eigenvalue weighted by Gasteiger charge is 2.11. The average molecular weight is 327 g/mol. The summed E-state index contributed by atoms with van der Waals surface area (Å²) in [5, 5.41) is 10.8. The molecule has 104 valence electrons. The summed E-state index contributed by atoms with van der Waals surface area (Å²) in [4.78, 5) is 13.1. The minimum Gasteiger partial charge on any atom is -0.507 e. The first-order chi connectivity index (χ1) is 9.56. The van der Waals surface area contributed by atoms with Crippen LogP contribution in [0.5, 0.6) is 5.75 Å². The van der Waals surface area contributed by atoms with Crippen molar-refractivity contribution in [3.05, 3.63) is 58.1 Å². The number of benzene rings is 2. The van der Waals surface area contributed by atoms with Gasteiger partial charge in [0.2, 0.25) is 0 Å². The fourth-order valence-electron chi connectivity index (χ4n) is 1.66. The standard InChI is InChI=1S/C15H12Cl2O2S/c16-10-1-4-12(5-2-10)20-8-7-15(19)13-9-11(17)3-6-14(13)18/h1-6,9,18H,7-8H2. The molecule has 0 bridgehead atoms. The summed E-state index contributed by atoms with van der Waals surface area (Å²) in [6.07, 6.45) is 0.335. The number of Topliss-reactive ketones (excluding diaryl/α,β-unsaturated/α-hetero) is 1. The van der Waals surface area contributed by atoms with Crippen molar-refractivity contribution >= 4 is 40.7 Å². The molecule has 0 amide bonds. The van der Waals surface area contributed by atoms with Gasteiger partial charge in [0.1, 0.15) is 5.75 Å². The third-order valence-corrected chi connectivity index (χ3v) is 4.17. The van der Waals surface area contributed by atoms with Gasteiger partial charge in [-0.3, -0.25) is 4.79 Å². The molecule has 0 aliphatic heterocycles. The molecule has 0 saturated carbocycles. The van der Waals surface area contributed by atoms with Gasteiger partial charge in [-0.05, 0) is 42.5 Å². The van der Waals surface area contributed by atoms with Crippen LogP contribution in [0.2, 0.25) is 10.0 Å². The SMILES string of the molecule is O=C(CCSc1ccc(Cl)cc1)c1cc(Cl)ccc1O. The molecular formula is C15H12Cl2O2S. The molecule has 2 aromatic carbocycles. The Labute approximate surface area is 131 Å². The Morgan fingerprint density at radius 3 is 2.40 bits per heavy atom. The second-order valence-corrected chi connectivity index (χ2v) is 6.18. The number of ketones is 1. The molecular weight excluding hydrogens is 315 g/mol. The zero-order chi connectivity index (χ0) is 14.5. The fourth-order valence-corrected chi connectivity index (χ4v) is 2.81. The number of thioether (sulfide) groups is 1. The number of carbonyl (C=O) groups excluding carboxylic acids is 1. The van der Waals surface area contributed by atoms with E-state index in [-0.39, 0.29) is 17.1 Å². The number of hydrogen-bond acceptors (Lipinski definition) is 3. The molecule has 0 aliphatic rings. The number of carbonyl (C=O) groups is 1. The maximum atomic E-state index is 12.0. The van der Waals surface area contributed by atoms with Crippen molar-refractivity contribution in [2.24, 2.45) is 0 Å². The number of phenolic OH excluding ortho intramolecular Hbond substituents is 1. The lowest BCUT2D eigenvalue weighted by atomic mass is 10.1. The first-order valence-electron chi connectivity index (χ1n) is 5.96. The Morgan fingerprint density at radius 1 is 1.05 bits per heavy atom. The Kier molecular flexibility index (Phi) is 5.35. The Bertz CT molecular complexity index is 612. The average Bonchev–Trinajstić information content (AvgIpc) is 2.43.